The lowest BCUT2D eigenvalue weighted by molar-refractivity contribution is 0.0686. The fourth-order valence-electron chi connectivity index (χ4n) is 2.75. The largest absolute Gasteiger partial charge is 0.478 e. The van der Waals surface area contributed by atoms with Gasteiger partial charge in [-0.25, -0.2) is 19.3 Å². The number of imidazole rings is 1. The molecular weight excluding hydrogens is 368 g/mol. The van der Waals surface area contributed by atoms with Crippen LogP contribution in [0.15, 0.2) is 47.8 Å². The Kier molecular flexibility index (Phi) is 3.96. The zero-order chi connectivity index (χ0) is 19.8. The van der Waals surface area contributed by atoms with Crippen LogP contribution in [0.4, 0.5) is 0 Å². The van der Waals surface area contributed by atoms with Crippen molar-refractivity contribution >= 4 is 23.1 Å². The van der Waals surface area contributed by atoms with Gasteiger partial charge in [-0.15, -0.1) is 0 Å². The monoisotopic (exact) mass is 380 g/mol. The Morgan fingerprint density at radius 1 is 1.14 bits per heavy atom. The van der Waals surface area contributed by atoms with Gasteiger partial charge in [-0.1, -0.05) is 12.1 Å². The summed E-state index contributed by atoms with van der Waals surface area (Å²) in [7, 11) is 0. The summed E-state index contributed by atoms with van der Waals surface area (Å²) in [4.78, 5) is 45.5. The summed E-state index contributed by atoms with van der Waals surface area (Å²) in [5.74, 6) is -2.16. The van der Waals surface area contributed by atoms with Gasteiger partial charge in [-0.2, -0.15) is 10.1 Å². The van der Waals surface area contributed by atoms with Crippen LogP contribution < -0.4 is 5.56 Å². The second kappa shape index (κ2) is 6.46. The quantitative estimate of drug-likeness (QED) is 0.458. The molecule has 0 fully saturated rings. The number of H-pyrrole nitrogens is 1. The van der Waals surface area contributed by atoms with Crippen LogP contribution in [0, 0.1) is 0 Å². The fourth-order valence-corrected chi connectivity index (χ4v) is 2.75. The summed E-state index contributed by atoms with van der Waals surface area (Å²) in [5, 5.41) is 21.9. The summed E-state index contributed by atoms with van der Waals surface area (Å²) >= 11 is 0. The molecule has 0 atom stereocenters. The van der Waals surface area contributed by atoms with E-state index < -0.39 is 17.5 Å². The minimum Gasteiger partial charge on any atom is -0.478 e. The smallest absolute Gasteiger partial charge is 0.338 e. The fraction of sp³-hybridized carbons (Fsp3) is 0.0588. The first-order valence-corrected chi connectivity index (χ1v) is 7.98. The van der Waals surface area contributed by atoms with Crippen molar-refractivity contribution < 1.29 is 19.8 Å². The first-order valence-electron chi connectivity index (χ1n) is 7.98. The van der Waals surface area contributed by atoms with Crippen LogP contribution in [0.2, 0.25) is 0 Å². The van der Waals surface area contributed by atoms with E-state index >= 15 is 0 Å². The van der Waals surface area contributed by atoms with Crippen LogP contribution in [0.1, 0.15) is 26.3 Å². The van der Waals surface area contributed by atoms with E-state index in [1.807, 2.05) is 0 Å². The standard InChI is InChI=1S/C17H12N6O5/c24-14-12-13(20-17(21-14)23-7-11(5-19-23)16(27)28)18-8-22(12)6-9-2-1-3-10(4-9)15(25)26/h1-5,7-8H,6H2,(H,25,26)(H,27,28)(H,20,21,24). The Morgan fingerprint density at radius 3 is 2.64 bits per heavy atom. The molecule has 0 bridgehead atoms. The highest BCUT2D eigenvalue weighted by Crippen LogP contribution is 2.12. The van der Waals surface area contributed by atoms with Crippen molar-refractivity contribution in [2.24, 2.45) is 0 Å². The molecule has 0 aliphatic carbocycles. The molecule has 0 saturated carbocycles. The molecule has 0 amide bonds. The number of hydrogen-bond acceptors (Lipinski definition) is 6. The van der Waals surface area contributed by atoms with E-state index in [9.17, 15) is 14.4 Å². The minimum absolute atomic E-state index is 0.0307. The molecular formula is C17H12N6O5. The van der Waals surface area contributed by atoms with E-state index in [-0.39, 0.29) is 34.8 Å². The Bertz CT molecular complexity index is 1280. The number of nitrogens with one attached hydrogen (secondary N) is 1. The lowest BCUT2D eigenvalue weighted by Gasteiger charge is -2.05. The van der Waals surface area contributed by atoms with Gasteiger partial charge in [0.15, 0.2) is 11.2 Å². The van der Waals surface area contributed by atoms with Gasteiger partial charge in [0, 0.05) is 12.7 Å². The molecule has 0 aliphatic heterocycles. The first-order chi connectivity index (χ1) is 13.4. The van der Waals surface area contributed by atoms with Gasteiger partial charge in [-0.3, -0.25) is 9.78 Å². The van der Waals surface area contributed by atoms with Gasteiger partial charge < -0.3 is 14.8 Å². The average molecular weight is 380 g/mol. The maximum Gasteiger partial charge on any atom is 0.338 e. The number of aromatic nitrogens is 6. The Hall–Kier alpha value is -4.28. The maximum absolute atomic E-state index is 12.6. The normalized spacial score (nSPS) is 11.0. The third-order valence-electron chi connectivity index (χ3n) is 4.04. The van der Waals surface area contributed by atoms with E-state index in [4.69, 9.17) is 10.2 Å². The van der Waals surface area contributed by atoms with Gasteiger partial charge in [0.05, 0.1) is 23.7 Å². The number of rotatable bonds is 5. The molecule has 1 aromatic carbocycles. The predicted octanol–water partition coefficient (Wildman–Crippen LogP) is 0.750. The van der Waals surface area contributed by atoms with Crippen molar-refractivity contribution in [3.05, 3.63) is 70.0 Å². The third kappa shape index (κ3) is 3.00. The summed E-state index contributed by atoms with van der Waals surface area (Å²) in [6.45, 7) is 0.229. The van der Waals surface area contributed by atoms with Crippen molar-refractivity contribution in [3.8, 4) is 5.95 Å². The molecule has 4 aromatic rings. The van der Waals surface area contributed by atoms with Crippen LogP contribution >= 0.6 is 0 Å². The molecule has 0 spiro atoms. The molecule has 28 heavy (non-hydrogen) atoms. The van der Waals surface area contributed by atoms with Crippen molar-refractivity contribution in [2.75, 3.05) is 0 Å². The Balaban J connectivity index is 1.72. The number of aromatic amines is 1. The number of carboxylic acids is 2. The molecule has 11 heteroatoms. The van der Waals surface area contributed by atoms with Crippen LogP contribution in [0.3, 0.4) is 0 Å². The highest BCUT2D eigenvalue weighted by atomic mass is 16.4. The number of carbonyl (C=O) groups is 2. The summed E-state index contributed by atoms with van der Waals surface area (Å²) in [6.07, 6.45) is 3.79. The SMILES string of the molecule is O=C(O)c1cccc(Cn2cnc3nc(-n4cc(C(=O)O)cn4)[nH]c(=O)c32)c1. The van der Waals surface area contributed by atoms with Gasteiger partial charge in [0.25, 0.3) is 5.56 Å². The number of aromatic carboxylic acids is 2. The number of hydrogen-bond donors (Lipinski definition) is 3. The Morgan fingerprint density at radius 2 is 1.93 bits per heavy atom. The molecule has 0 radical (unpaired) electrons. The van der Waals surface area contributed by atoms with Gasteiger partial charge in [0.1, 0.15) is 0 Å². The topological polar surface area (TPSA) is 156 Å². The van der Waals surface area contributed by atoms with E-state index in [1.54, 1.807) is 16.7 Å². The maximum atomic E-state index is 12.6. The summed E-state index contributed by atoms with van der Waals surface area (Å²) in [5.41, 5.74) is 0.645. The van der Waals surface area contributed by atoms with Crippen LogP contribution in [-0.4, -0.2) is 51.5 Å². The number of fused-ring (bicyclic) bond motifs is 1. The minimum atomic E-state index is -1.15. The van der Waals surface area contributed by atoms with Crippen LogP contribution in [0.5, 0.6) is 0 Å². The van der Waals surface area contributed by atoms with E-state index in [0.29, 0.717) is 5.56 Å². The van der Waals surface area contributed by atoms with Crippen LogP contribution in [0.25, 0.3) is 17.1 Å². The molecule has 3 aromatic heterocycles. The van der Waals surface area contributed by atoms with Crippen LogP contribution in [-0.2, 0) is 6.54 Å². The van der Waals surface area contributed by atoms with E-state index in [2.05, 4.69) is 20.1 Å². The molecule has 3 heterocycles. The molecule has 0 unspecified atom stereocenters. The highest BCUT2D eigenvalue weighted by molar-refractivity contribution is 5.88. The summed E-state index contributed by atoms with van der Waals surface area (Å²) < 4.78 is 2.69. The zero-order valence-electron chi connectivity index (χ0n) is 14.1. The van der Waals surface area contributed by atoms with Gasteiger partial charge in [0.2, 0.25) is 5.95 Å². The second-order valence-electron chi connectivity index (χ2n) is 5.92. The Labute approximate surface area is 155 Å². The third-order valence-corrected chi connectivity index (χ3v) is 4.04. The molecule has 11 nitrogen and oxygen atoms in total. The molecule has 3 N–H and O–H groups in total. The average Bonchev–Trinajstić information content (AvgIpc) is 3.30. The molecule has 0 saturated heterocycles. The van der Waals surface area contributed by atoms with Gasteiger partial charge in [-0.05, 0) is 17.7 Å². The van der Waals surface area contributed by atoms with Gasteiger partial charge >= 0.3 is 11.9 Å². The first kappa shape index (κ1) is 17.1. The zero-order valence-corrected chi connectivity index (χ0v) is 14.1. The summed E-state index contributed by atoms with van der Waals surface area (Å²) in [6, 6.07) is 6.36. The molecule has 0 aliphatic rings. The lowest BCUT2D eigenvalue weighted by atomic mass is 10.1. The van der Waals surface area contributed by atoms with Crippen molar-refractivity contribution in [3.63, 3.8) is 0 Å². The number of carboxylic acid groups (broad SMARTS) is 2. The van der Waals surface area contributed by atoms with E-state index in [1.165, 1.54) is 24.7 Å². The second-order valence-corrected chi connectivity index (χ2v) is 5.92. The predicted molar refractivity (Wildman–Crippen MR) is 94.7 cm³/mol. The van der Waals surface area contributed by atoms with E-state index in [0.717, 1.165) is 10.9 Å². The lowest BCUT2D eigenvalue weighted by Crippen LogP contribution is -2.16. The highest BCUT2D eigenvalue weighted by Gasteiger charge is 2.14. The van der Waals surface area contributed by atoms with Crippen molar-refractivity contribution in [2.45, 2.75) is 6.54 Å². The molecule has 4 rings (SSSR count). The molecule has 140 valence electrons. The van der Waals surface area contributed by atoms with Crippen molar-refractivity contribution in [1.82, 2.24) is 29.3 Å². The number of benzene rings is 1. The van der Waals surface area contributed by atoms with Crippen molar-refractivity contribution in [1.29, 1.82) is 0 Å². The number of nitrogens with zero attached hydrogens (tertiary/aromatic N) is 5.